The van der Waals surface area contributed by atoms with E-state index in [2.05, 4.69) is 21.0 Å². The summed E-state index contributed by atoms with van der Waals surface area (Å²) in [4.78, 5) is 41.0. The number of ether oxygens (including phenoxy) is 1. The Hall–Kier alpha value is -1.75. The summed E-state index contributed by atoms with van der Waals surface area (Å²) in [6.45, 7) is 15.7. The average Bonchev–Trinajstić information content (AvgIpc) is 3.17. The van der Waals surface area contributed by atoms with Crippen molar-refractivity contribution in [2.45, 2.75) is 117 Å². The molecular weight excluding hydrogens is 518 g/mol. The first-order chi connectivity index (χ1) is 17.7. The summed E-state index contributed by atoms with van der Waals surface area (Å²) in [6.07, 6.45) is -2.07. The fraction of sp³-hybridized carbons (Fsp3) is 0.792. The van der Waals surface area contributed by atoms with Crippen LogP contribution in [0.4, 0.5) is 4.39 Å². The third-order valence-corrected chi connectivity index (χ3v) is 7.53. The predicted octanol–water partition coefficient (Wildman–Crippen LogP) is 1.95. The van der Waals surface area contributed by atoms with E-state index in [9.17, 15) is 29.2 Å². The van der Waals surface area contributed by atoms with Crippen molar-refractivity contribution in [1.29, 1.82) is 5.26 Å². The molecule has 38 heavy (non-hydrogen) atoms. The van der Waals surface area contributed by atoms with Gasteiger partial charge in [0.1, 0.15) is 18.1 Å². The fourth-order valence-corrected chi connectivity index (χ4v) is 6.76. The van der Waals surface area contributed by atoms with Gasteiger partial charge in [0.05, 0.1) is 31.4 Å². The van der Waals surface area contributed by atoms with Crippen LogP contribution >= 0.6 is 8.53 Å². The lowest BCUT2D eigenvalue weighted by molar-refractivity contribution is -0.130. The molecule has 216 valence electrons. The van der Waals surface area contributed by atoms with E-state index >= 15 is 0 Å². The Morgan fingerprint density at radius 1 is 1.21 bits per heavy atom. The summed E-state index contributed by atoms with van der Waals surface area (Å²) in [7, 11) is -2.39. The molecule has 0 aromatic carbocycles. The summed E-state index contributed by atoms with van der Waals surface area (Å²) >= 11 is 0. The lowest BCUT2D eigenvalue weighted by Gasteiger charge is -2.56. The molecule has 0 spiro atoms. The molecular formula is C24H42FN6O6P. The molecule has 1 aromatic rings. The number of nitrogens with zero attached hydrogens (tertiary/aromatic N) is 4. The number of hydrogen-bond donors (Lipinski definition) is 4. The van der Waals surface area contributed by atoms with Gasteiger partial charge < -0.3 is 19.3 Å². The Morgan fingerprint density at radius 2 is 1.74 bits per heavy atom. The Labute approximate surface area is 224 Å². The van der Waals surface area contributed by atoms with Crippen LogP contribution in [0.15, 0.2) is 15.8 Å². The van der Waals surface area contributed by atoms with Crippen LogP contribution in [0.25, 0.3) is 0 Å². The van der Waals surface area contributed by atoms with Crippen molar-refractivity contribution in [2.75, 3.05) is 6.61 Å². The highest BCUT2D eigenvalue weighted by molar-refractivity contribution is 7.43. The molecule has 12 nitrogen and oxygen atoms in total. The van der Waals surface area contributed by atoms with Crippen molar-refractivity contribution in [2.24, 2.45) is 0 Å². The van der Waals surface area contributed by atoms with E-state index in [-0.39, 0.29) is 37.0 Å². The fourth-order valence-electron chi connectivity index (χ4n) is 5.61. The molecule has 4 N–H and O–H groups in total. The third-order valence-electron chi connectivity index (χ3n) is 6.51. The largest absolute Gasteiger partial charge is 0.394 e. The van der Waals surface area contributed by atoms with E-state index in [1.54, 1.807) is 0 Å². The van der Waals surface area contributed by atoms with Gasteiger partial charge in [0.2, 0.25) is 5.82 Å². The number of nitriles is 1. The molecule has 1 saturated heterocycles. The Morgan fingerprint density at radius 3 is 2.18 bits per heavy atom. The number of rotatable bonds is 13. The Bertz CT molecular complexity index is 1040. The molecule has 0 bridgehead atoms. The smallest absolute Gasteiger partial charge is 0.330 e. The summed E-state index contributed by atoms with van der Waals surface area (Å²) in [6, 6.07) is 2.25. The number of aromatic amines is 1. The second-order valence-corrected chi connectivity index (χ2v) is 11.5. The van der Waals surface area contributed by atoms with Crippen LogP contribution in [0.2, 0.25) is 0 Å². The summed E-state index contributed by atoms with van der Waals surface area (Å²) in [5, 5.41) is 23.0. The van der Waals surface area contributed by atoms with E-state index in [1.165, 1.54) is 0 Å². The van der Waals surface area contributed by atoms with E-state index in [4.69, 9.17) is 9.26 Å². The van der Waals surface area contributed by atoms with Gasteiger partial charge in [-0.25, -0.2) is 9.88 Å². The van der Waals surface area contributed by atoms with Crippen molar-refractivity contribution >= 4 is 8.53 Å². The van der Waals surface area contributed by atoms with Crippen LogP contribution in [-0.4, -0.2) is 78.1 Å². The molecule has 0 aliphatic carbocycles. The topological polar surface area (TPSA) is 156 Å². The highest BCUT2D eigenvalue weighted by Crippen LogP contribution is 2.43. The van der Waals surface area contributed by atoms with Gasteiger partial charge in [0, 0.05) is 30.6 Å². The zero-order valence-electron chi connectivity index (χ0n) is 23.4. The number of hydrogen-bond acceptors (Lipinski definition) is 10. The maximum absolute atomic E-state index is 13.8. The zero-order valence-corrected chi connectivity index (χ0v) is 24.3. The van der Waals surface area contributed by atoms with Crippen molar-refractivity contribution < 1.29 is 23.7 Å². The average molecular weight is 561 g/mol. The third kappa shape index (κ3) is 7.06. The number of aromatic nitrogens is 2. The molecule has 0 radical (unpaired) electrons. The second-order valence-electron chi connectivity index (χ2n) is 10.6. The maximum Gasteiger partial charge on any atom is 0.330 e. The summed E-state index contributed by atoms with van der Waals surface area (Å²) in [5.41, 5.74) is -2.02. The van der Waals surface area contributed by atoms with Gasteiger partial charge in [-0.1, -0.05) is 0 Å². The minimum Gasteiger partial charge on any atom is -0.394 e. The lowest BCUT2D eigenvalue weighted by Crippen LogP contribution is -2.73. The van der Waals surface area contributed by atoms with E-state index in [0.717, 1.165) is 10.8 Å². The van der Waals surface area contributed by atoms with Crippen molar-refractivity contribution in [3.05, 3.63) is 32.9 Å². The van der Waals surface area contributed by atoms with E-state index < -0.39 is 56.4 Å². The van der Waals surface area contributed by atoms with Crippen LogP contribution in [0, 0.1) is 17.1 Å². The number of nitrogens with one attached hydrogen (secondary N) is 2. The van der Waals surface area contributed by atoms with Crippen LogP contribution in [0.3, 0.4) is 0 Å². The first-order valence-electron chi connectivity index (χ1n) is 12.8. The number of halogens is 1. The maximum atomic E-state index is 13.8. The monoisotopic (exact) mass is 560 g/mol. The molecule has 4 atom stereocenters. The molecule has 1 aliphatic rings. The van der Waals surface area contributed by atoms with Crippen LogP contribution in [-0.2, 0) is 9.26 Å². The van der Waals surface area contributed by atoms with Crippen molar-refractivity contribution in [3.63, 3.8) is 0 Å². The first kappa shape index (κ1) is 32.5. The Balaban J connectivity index is 2.42. The van der Waals surface area contributed by atoms with Crippen molar-refractivity contribution in [3.8, 4) is 6.07 Å². The van der Waals surface area contributed by atoms with Crippen LogP contribution < -0.4 is 16.3 Å². The van der Waals surface area contributed by atoms with Gasteiger partial charge in [-0.15, -0.1) is 0 Å². The molecule has 0 amide bonds. The molecule has 2 heterocycles. The van der Waals surface area contributed by atoms with Gasteiger partial charge in [-0.05, 0) is 55.4 Å². The minimum absolute atomic E-state index is 0.000902. The highest BCUT2D eigenvalue weighted by atomic mass is 31.2. The molecule has 0 saturated carbocycles. The number of aliphatic hydroxyl groups excluding tert-OH is 1. The number of H-pyrrole nitrogens is 1. The van der Waals surface area contributed by atoms with Crippen LogP contribution in [0.5, 0.6) is 0 Å². The van der Waals surface area contributed by atoms with Crippen molar-refractivity contribution in [1.82, 2.24) is 24.4 Å². The van der Waals surface area contributed by atoms with Gasteiger partial charge in [0.15, 0.2) is 0 Å². The number of aliphatic hydroxyl groups is 1. The first-order valence-corrected chi connectivity index (χ1v) is 14.1. The van der Waals surface area contributed by atoms with E-state index in [0.29, 0.717) is 0 Å². The quantitative estimate of drug-likeness (QED) is 0.208. The molecule has 14 heteroatoms. The molecule has 1 unspecified atom stereocenters. The lowest BCUT2D eigenvalue weighted by atomic mass is 10.0. The molecule has 1 fully saturated rings. The minimum atomic E-state index is -2.39. The van der Waals surface area contributed by atoms with Gasteiger partial charge in [-0.3, -0.25) is 24.1 Å². The molecule has 2 rings (SSSR count). The summed E-state index contributed by atoms with van der Waals surface area (Å²) in [5.74, 6) is -2.26. The predicted molar refractivity (Wildman–Crippen MR) is 141 cm³/mol. The highest BCUT2D eigenvalue weighted by Gasteiger charge is 2.49. The van der Waals surface area contributed by atoms with Gasteiger partial charge >= 0.3 is 5.69 Å². The Kier molecular flexibility index (Phi) is 11.6. The van der Waals surface area contributed by atoms with Gasteiger partial charge in [0.25, 0.3) is 14.1 Å². The standard InChI is InChI=1S/C24H42FN6O6P/c1-14(2)30(15(3)4)24(9-10-26,31(16(5)6)17(7)8)28-38(35)37-19-11-21(36-20(19)13-32)29-12-18(25)22(33)27-23(29)34/h12,14-17,19-21,28,32,35H,9,11,13H2,1-8H3,(H,27,33,34)/t19-,20+,21+,38?/m0/s1. The molecule has 1 aliphatic heterocycles. The molecule has 1 aromatic heterocycles. The zero-order chi connectivity index (χ0) is 28.9. The van der Waals surface area contributed by atoms with Crippen LogP contribution in [0.1, 0.15) is 74.5 Å². The van der Waals surface area contributed by atoms with E-state index in [1.807, 2.05) is 60.4 Å². The van der Waals surface area contributed by atoms with Gasteiger partial charge in [-0.2, -0.15) is 9.65 Å². The second kappa shape index (κ2) is 13.5. The SMILES string of the molecule is CC(C)N(C(C)C)C(CC#N)(NP(O)O[C@H]1C[C@H](n2cc(F)c(=O)[nH]c2=O)O[C@@H]1CO)N(C(C)C)C(C)C. The summed E-state index contributed by atoms with van der Waals surface area (Å²) < 4.78 is 26.4. The normalized spacial score (nSPS) is 21.4.